The second kappa shape index (κ2) is 4.76. The molecular formula is C14H9Cl2N3. The number of hydrogen-bond donors (Lipinski definition) is 0. The molecule has 0 radical (unpaired) electrons. The first-order chi connectivity index (χ1) is 9.15. The summed E-state index contributed by atoms with van der Waals surface area (Å²) in [6, 6.07) is 11.5. The van der Waals surface area contributed by atoms with E-state index in [0.29, 0.717) is 21.7 Å². The third kappa shape index (κ3) is 2.27. The fourth-order valence-corrected chi connectivity index (χ4v) is 2.42. The standard InChI is InChI=1S/C14H9Cl2N3/c1-8-7-10(15)12-13(17-8)11(18-14(16)19-12)9-5-3-2-4-6-9/h2-7H,1H3. The zero-order valence-corrected chi connectivity index (χ0v) is 11.6. The Hall–Kier alpha value is -1.71. The van der Waals surface area contributed by atoms with Crippen LogP contribution in [0.2, 0.25) is 10.3 Å². The molecule has 1 aromatic carbocycles. The quantitative estimate of drug-likeness (QED) is 0.627. The Morgan fingerprint density at radius 2 is 1.63 bits per heavy atom. The normalized spacial score (nSPS) is 10.9. The van der Waals surface area contributed by atoms with Gasteiger partial charge in [-0.3, -0.25) is 0 Å². The third-order valence-electron chi connectivity index (χ3n) is 2.75. The summed E-state index contributed by atoms with van der Waals surface area (Å²) in [5, 5.41) is 0.697. The van der Waals surface area contributed by atoms with Gasteiger partial charge in [0, 0.05) is 11.3 Å². The molecule has 2 aromatic heterocycles. The summed E-state index contributed by atoms with van der Waals surface area (Å²) in [4.78, 5) is 12.9. The average Bonchev–Trinajstić information content (AvgIpc) is 2.40. The molecule has 0 aliphatic rings. The van der Waals surface area contributed by atoms with Gasteiger partial charge in [-0.2, -0.15) is 0 Å². The number of rotatable bonds is 1. The van der Waals surface area contributed by atoms with Crippen molar-refractivity contribution in [3.8, 4) is 11.3 Å². The van der Waals surface area contributed by atoms with Gasteiger partial charge in [-0.05, 0) is 24.6 Å². The summed E-state index contributed by atoms with van der Waals surface area (Å²) >= 11 is 12.2. The zero-order chi connectivity index (χ0) is 13.4. The van der Waals surface area contributed by atoms with E-state index in [2.05, 4.69) is 15.0 Å². The number of aromatic nitrogens is 3. The van der Waals surface area contributed by atoms with Gasteiger partial charge >= 0.3 is 0 Å². The Morgan fingerprint density at radius 3 is 2.37 bits per heavy atom. The van der Waals surface area contributed by atoms with Crippen molar-refractivity contribution < 1.29 is 0 Å². The number of benzene rings is 1. The van der Waals surface area contributed by atoms with Crippen LogP contribution in [0.5, 0.6) is 0 Å². The first-order valence-electron chi connectivity index (χ1n) is 5.71. The molecule has 0 saturated heterocycles. The van der Waals surface area contributed by atoms with Crippen LogP contribution in [0.3, 0.4) is 0 Å². The van der Waals surface area contributed by atoms with Gasteiger partial charge in [-0.25, -0.2) is 15.0 Å². The van der Waals surface area contributed by atoms with Gasteiger partial charge in [0.15, 0.2) is 0 Å². The van der Waals surface area contributed by atoms with Crippen LogP contribution in [0.25, 0.3) is 22.3 Å². The maximum absolute atomic E-state index is 6.20. The molecule has 0 atom stereocenters. The fraction of sp³-hybridized carbons (Fsp3) is 0.0714. The molecule has 0 fully saturated rings. The Balaban J connectivity index is 2.42. The number of fused-ring (bicyclic) bond motifs is 1. The lowest BCUT2D eigenvalue weighted by Gasteiger charge is -2.07. The van der Waals surface area contributed by atoms with Crippen LogP contribution in [0.1, 0.15) is 5.69 Å². The van der Waals surface area contributed by atoms with E-state index in [1.807, 2.05) is 37.3 Å². The van der Waals surface area contributed by atoms with E-state index in [-0.39, 0.29) is 5.28 Å². The molecule has 19 heavy (non-hydrogen) atoms. The fourth-order valence-electron chi connectivity index (χ4n) is 1.96. The molecule has 2 heterocycles. The maximum atomic E-state index is 6.20. The molecular weight excluding hydrogens is 281 g/mol. The highest BCUT2D eigenvalue weighted by Gasteiger charge is 2.13. The van der Waals surface area contributed by atoms with Crippen LogP contribution in [0.4, 0.5) is 0 Å². The van der Waals surface area contributed by atoms with Gasteiger partial charge < -0.3 is 0 Å². The highest BCUT2D eigenvalue weighted by molar-refractivity contribution is 6.35. The molecule has 0 unspecified atom stereocenters. The molecule has 3 nitrogen and oxygen atoms in total. The SMILES string of the molecule is Cc1cc(Cl)c2nc(Cl)nc(-c3ccccc3)c2n1. The van der Waals surface area contributed by atoms with E-state index in [0.717, 1.165) is 11.3 Å². The number of nitrogens with zero attached hydrogens (tertiary/aromatic N) is 3. The van der Waals surface area contributed by atoms with E-state index < -0.39 is 0 Å². The van der Waals surface area contributed by atoms with Crippen LogP contribution in [-0.4, -0.2) is 15.0 Å². The van der Waals surface area contributed by atoms with Crippen LogP contribution >= 0.6 is 23.2 Å². The van der Waals surface area contributed by atoms with Crippen molar-refractivity contribution in [2.45, 2.75) is 6.92 Å². The van der Waals surface area contributed by atoms with E-state index in [9.17, 15) is 0 Å². The predicted molar refractivity (Wildman–Crippen MR) is 77.5 cm³/mol. The minimum absolute atomic E-state index is 0.166. The molecule has 0 bridgehead atoms. The van der Waals surface area contributed by atoms with E-state index in [4.69, 9.17) is 23.2 Å². The van der Waals surface area contributed by atoms with Gasteiger partial charge in [-0.1, -0.05) is 41.9 Å². The predicted octanol–water partition coefficient (Wildman–Crippen LogP) is 4.31. The summed E-state index contributed by atoms with van der Waals surface area (Å²) in [6.45, 7) is 1.88. The molecule has 0 spiro atoms. The summed E-state index contributed by atoms with van der Waals surface area (Å²) in [6.07, 6.45) is 0. The van der Waals surface area contributed by atoms with Crippen molar-refractivity contribution >= 4 is 34.2 Å². The van der Waals surface area contributed by atoms with Gasteiger partial charge in [0.2, 0.25) is 5.28 Å². The average molecular weight is 290 g/mol. The number of pyridine rings is 1. The topological polar surface area (TPSA) is 38.7 Å². The monoisotopic (exact) mass is 289 g/mol. The van der Waals surface area contributed by atoms with Crippen molar-refractivity contribution in [1.29, 1.82) is 0 Å². The maximum Gasteiger partial charge on any atom is 0.223 e. The minimum Gasteiger partial charge on any atom is -0.249 e. The Labute approximate surface area is 120 Å². The molecule has 94 valence electrons. The molecule has 0 aliphatic heterocycles. The minimum atomic E-state index is 0.166. The number of aryl methyl sites for hydroxylation is 1. The molecule has 0 aliphatic carbocycles. The van der Waals surface area contributed by atoms with Crippen LogP contribution in [0.15, 0.2) is 36.4 Å². The largest absolute Gasteiger partial charge is 0.249 e. The second-order valence-corrected chi connectivity index (χ2v) is 4.90. The molecule has 3 rings (SSSR count). The number of halogens is 2. The Bertz CT molecular complexity index is 757. The molecule has 5 heteroatoms. The van der Waals surface area contributed by atoms with Gasteiger partial charge in [-0.15, -0.1) is 0 Å². The summed E-state index contributed by atoms with van der Waals surface area (Å²) in [5.74, 6) is 0. The second-order valence-electron chi connectivity index (χ2n) is 4.15. The van der Waals surface area contributed by atoms with E-state index in [1.165, 1.54) is 0 Å². The molecule has 3 aromatic rings. The van der Waals surface area contributed by atoms with Crippen molar-refractivity contribution in [2.24, 2.45) is 0 Å². The van der Waals surface area contributed by atoms with Crippen LogP contribution in [-0.2, 0) is 0 Å². The van der Waals surface area contributed by atoms with E-state index >= 15 is 0 Å². The molecule has 0 amide bonds. The van der Waals surface area contributed by atoms with Crippen molar-refractivity contribution in [1.82, 2.24) is 15.0 Å². The van der Waals surface area contributed by atoms with Gasteiger partial charge in [0.25, 0.3) is 0 Å². The van der Waals surface area contributed by atoms with Crippen molar-refractivity contribution in [2.75, 3.05) is 0 Å². The molecule has 0 N–H and O–H groups in total. The van der Waals surface area contributed by atoms with E-state index in [1.54, 1.807) is 6.07 Å². The first kappa shape index (κ1) is 12.3. The lowest BCUT2D eigenvalue weighted by Crippen LogP contribution is -1.95. The highest BCUT2D eigenvalue weighted by atomic mass is 35.5. The summed E-state index contributed by atoms with van der Waals surface area (Å²) in [7, 11) is 0. The first-order valence-corrected chi connectivity index (χ1v) is 6.46. The van der Waals surface area contributed by atoms with Gasteiger partial charge in [0.05, 0.1) is 5.02 Å². The zero-order valence-electron chi connectivity index (χ0n) is 10.1. The highest BCUT2D eigenvalue weighted by Crippen LogP contribution is 2.30. The van der Waals surface area contributed by atoms with Crippen LogP contribution < -0.4 is 0 Å². The summed E-state index contributed by atoms with van der Waals surface area (Å²) < 4.78 is 0. The van der Waals surface area contributed by atoms with Crippen molar-refractivity contribution in [3.63, 3.8) is 0 Å². The molecule has 0 saturated carbocycles. The smallest absolute Gasteiger partial charge is 0.223 e. The third-order valence-corrected chi connectivity index (χ3v) is 3.21. The van der Waals surface area contributed by atoms with Gasteiger partial charge in [0.1, 0.15) is 16.7 Å². The lowest BCUT2D eigenvalue weighted by molar-refractivity contribution is 1.17. The Kier molecular flexibility index (Phi) is 3.09. The summed E-state index contributed by atoms with van der Waals surface area (Å²) in [5.41, 5.74) is 3.69. The van der Waals surface area contributed by atoms with Crippen LogP contribution in [0, 0.1) is 6.92 Å². The number of hydrogen-bond acceptors (Lipinski definition) is 3. The Morgan fingerprint density at radius 1 is 0.895 bits per heavy atom. The lowest BCUT2D eigenvalue weighted by atomic mass is 10.1. The van der Waals surface area contributed by atoms with Crippen molar-refractivity contribution in [3.05, 3.63) is 52.4 Å².